The number of hydrogen-bond donors (Lipinski definition) is 1. The molecule has 0 aliphatic heterocycles. The van der Waals surface area contributed by atoms with E-state index in [2.05, 4.69) is 5.32 Å². The molecular formula is C24H38N2O5. The van der Waals surface area contributed by atoms with Crippen LogP contribution < -0.4 is 5.32 Å². The van der Waals surface area contributed by atoms with Gasteiger partial charge in [-0.1, -0.05) is 58.0 Å². The van der Waals surface area contributed by atoms with E-state index >= 15 is 0 Å². The summed E-state index contributed by atoms with van der Waals surface area (Å²) >= 11 is 0. The van der Waals surface area contributed by atoms with Gasteiger partial charge in [0.25, 0.3) is 0 Å². The molecule has 0 unspecified atom stereocenters. The minimum atomic E-state index is -0.803. The molecule has 0 aliphatic carbocycles. The molecule has 1 rings (SSSR count). The van der Waals surface area contributed by atoms with Crippen molar-refractivity contribution >= 4 is 18.0 Å². The van der Waals surface area contributed by atoms with Crippen LogP contribution >= 0.6 is 0 Å². The molecule has 0 aromatic heterocycles. The quantitative estimate of drug-likeness (QED) is 0.590. The van der Waals surface area contributed by atoms with Gasteiger partial charge in [-0.15, -0.1) is 0 Å². The van der Waals surface area contributed by atoms with E-state index in [9.17, 15) is 14.4 Å². The largest absolute Gasteiger partial charge is 0.459 e. The topological polar surface area (TPSA) is 84.9 Å². The van der Waals surface area contributed by atoms with Crippen molar-refractivity contribution < 1.29 is 23.9 Å². The summed E-state index contributed by atoms with van der Waals surface area (Å²) in [5.74, 6) is -0.844. The van der Waals surface area contributed by atoms with Gasteiger partial charge in [0, 0.05) is 7.05 Å². The second-order valence-corrected chi connectivity index (χ2v) is 9.56. The zero-order valence-electron chi connectivity index (χ0n) is 20.1. The van der Waals surface area contributed by atoms with Gasteiger partial charge in [0.15, 0.2) is 0 Å². The molecule has 7 heteroatoms. The monoisotopic (exact) mass is 434 g/mol. The van der Waals surface area contributed by atoms with Crippen molar-refractivity contribution in [1.82, 2.24) is 10.2 Å². The van der Waals surface area contributed by atoms with Gasteiger partial charge in [0.1, 0.15) is 24.3 Å². The van der Waals surface area contributed by atoms with Gasteiger partial charge < -0.3 is 19.7 Å². The van der Waals surface area contributed by atoms with Crippen LogP contribution in [0.1, 0.15) is 60.5 Å². The van der Waals surface area contributed by atoms with E-state index in [0.29, 0.717) is 6.42 Å². The van der Waals surface area contributed by atoms with E-state index in [4.69, 9.17) is 9.47 Å². The molecule has 0 radical (unpaired) electrons. The van der Waals surface area contributed by atoms with E-state index in [1.54, 1.807) is 27.8 Å². The Morgan fingerprint density at radius 3 is 2.10 bits per heavy atom. The molecular weight excluding hydrogens is 396 g/mol. The first-order valence-corrected chi connectivity index (χ1v) is 10.8. The van der Waals surface area contributed by atoms with E-state index < -0.39 is 29.7 Å². The first-order chi connectivity index (χ1) is 14.3. The van der Waals surface area contributed by atoms with Crippen LogP contribution in [0.15, 0.2) is 30.3 Å². The minimum absolute atomic E-state index is 0.135. The first-order valence-electron chi connectivity index (χ1n) is 10.8. The van der Waals surface area contributed by atoms with Crippen LogP contribution in [-0.4, -0.2) is 47.6 Å². The Labute approximate surface area is 186 Å². The molecule has 2 atom stereocenters. The van der Waals surface area contributed by atoms with Crippen molar-refractivity contribution in [2.24, 2.45) is 11.8 Å². The Hall–Kier alpha value is -2.57. The molecule has 7 nitrogen and oxygen atoms in total. The summed E-state index contributed by atoms with van der Waals surface area (Å²) in [6.45, 7) is 13.1. The molecule has 0 bridgehead atoms. The fourth-order valence-corrected chi connectivity index (χ4v) is 3.22. The highest BCUT2D eigenvalue weighted by Gasteiger charge is 2.35. The van der Waals surface area contributed by atoms with Crippen LogP contribution in [-0.2, 0) is 25.7 Å². The molecule has 0 saturated carbocycles. The summed E-state index contributed by atoms with van der Waals surface area (Å²) in [6, 6.07) is 7.80. The molecule has 2 amide bonds. The van der Waals surface area contributed by atoms with Gasteiger partial charge in [-0.05, 0) is 44.6 Å². The van der Waals surface area contributed by atoms with Crippen molar-refractivity contribution in [3.63, 3.8) is 0 Å². The number of benzene rings is 1. The zero-order chi connectivity index (χ0) is 23.8. The highest BCUT2D eigenvalue weighted by atomic mass is 16.6. The molecule has 0 fully saturated rings. The second kappa shape index (κ2) is 11.7. The molecule has 1 aromatic carbocycles. The molecule has 31 heavy (non-hydrogen) atoms. The predicted molar refractivity (Wildman–Crippen MR) is 120 cm³/mol. The van der Waals surface area contributed by atoms with Crippen molar-refractivity contribution in [2.75, 3.05) is 7.05 Å². The van der Waals surface area contributed by atoms with Gasteiger partial charge in [-0.3, -0.25) is 4.79 Å². The number of nitrogens with zero attached hydrogens (tertiary/aromatic N) is 1. The summed E-state index contributed by atoms with van der Waals surface area (Å²) in [7, 11) is 1.57. The number of carbonyl (C=O) groups excluding carboxylic acids is 3. The maximum absolute atomic E-state index is 13.3. The Kier molecular flexibility index (Phi) is 10.0. The molecule has 0 aliphatic rings. The van der Waals surface area contributed by atoms with Gasteiger partial charge in [0.05, 0.1) is 0 Å². The van der Waals surface area contributed by atoms with Crippen molar-refractivity contribution in [3.8, 4) is 0 Å². The standard InChI is InChI=1S/C24H38N2O5/c1-16(2)14-19(25-23(29)31-24(5,6)7)21(27)26(8)20(17(3)4)22(28)30-15-18-12-10-9-11-13-18/h9-13,16-17,19-20H,14-15H2,1-8H3,(H,25,29)/t19-,20-/m0/s1. The number of hydrogen-bond acceptors (Lipinski definition) is 5. The Morgan fingerprint density at radius 1 is 1.03 bits per heavy atom. The van der Waals surface area contributed by atoms with E-state index in [0.717, 1.165) is 5.56 Å². The zero-order valence-corrected chi connectivity index (χ0v) is 20.1. The molecule has 0 saturated heterocycles. The van der Waals surface area contributed by atoms with E-state index in [-0.39, 0.29) is 24.3 Å². The van der Waals surface area contributed by atoms with Crippen molar-refractivity contribution in [1.29, 1.82) is 0 Å². The van der Waals surface area contributed by atoms with Gasteiger partial charge in [-0.2, -0.15) is 0 Å². The SMILES string of the molecule is CC(C)C[C@H](NC(=O)OC(C)(C)C)C(=O)N(C)[C@H](C(=O)OCc1ccccc1)C(C)C. The second-order valence-electron chi connectivity index (χ2n) is 9.56. The van der Waals surface area contributed by atoms with Gasteiger partial charge in [0.2, 0.25) is 5.91 Å². The van der Waals surface area contributed by atoms with Gasteiger partial charge >= 0.3 is 12.1 Å². The lowest BCUT2D eigenvalue weighted by molar-refractivity contribution is -0.158. The van der Waals surface area contributed by atoms with E-state index in [1.165, 1.54) is 4.90 Å². The Balaban J connectivity index is 2.93. The summed E-state index contributed by atoms with van der Waals surface area (Å²) < 4.78 is 10.8. The number of ether oxygens (including phenoxy) is 2. The number of esters is 1. The van der Waals surface area contributed by atoms with Crippen LogP contribution in [0, 0.1) is 11.8 Å². The van der Waals surface area contributed by atoms with Crippen LogP contribution in [0.25, 0.3) is 0 Å². The van der Waals surface area contributed by atoms with Crippen LogP contribution in [0.3, 0.4) is 0 Å². The maximum Gasteiger partial charge on any atom is 0.408 e. The Morgan fingerprint density at radius 2 is 1.61 bits per heavy atom. The van der Waals surface area contributed by atoms with Gasteiger partial charge in [-0.25, -0.2) is 9.59 Å². The summed E-state index contributed by atoms with van der Waals surface area (Å²) in [4.78, 5) is 39.7. The molecule has 1 N–H and O–H groups in total. The number of likely N-dealkylation sites (N-methyl/N-ethyl adjacent to an activating group) is 1. The van der Waals surface area contributed by atoms with Crippen LogP contribution in [0.4, 0.5) is 4.79 Å². The normalized spacial score (nSPS) is 13.5. The number of amides is 2. The smallest absolute Gasteiger partial charge is 0.408 e. The molecule has 0 heterocycles. The molecule has 174 valence electrons. The maximum atomic E-state index is 13.3. The van der Waals surface area contributed by atoms with Crippen LogP contribution in [0.2, 0.25) is 0 Å². The molecule has 1 aromatic rings. The van der Waals surface area contributed by atoms with Crippen LogP contribution in [0.5, 0.6) is 0 Å². The summed E-state index contributed by atoms with van der Waals surface area (Å²) in [6.07, 6.45) is -0.237. The highest BCUT2D eigenvalue weighted by Crippen LogP contribution is 2.17. The third kappa shape index (κ3) is 9.40. The number of nitrogens with one attached hydrogen (secondary N) is 1. The fourth-order valence-electron chi connectivity index (χ4n) is 3.22. The van der Waals surface area contributed by atoms with Crippen molar-refractivity contribution in [2.45, 2.75) is 79.2 Å². The minimum Gasteiger partial charge on any atom is -0.459 e. The lowest BCUT2D eigenvalue weighted by Gasteiger charge is -2.33. The van der Waals surface area contributed by atoms with Crippen molar-refractivity contribution in [3.05, 3.63) is 35.9 Å². The summed E-state index contributed by atoms with van der Waals surface area (Å²) in [5.41, 5.74) is 0.194. The number of alkyl carbamates (subject to hydrolysis) is 1. The summed E-state index contributed by atoms with van der Waals surface area (Å²) in [5, 5.41) is 2.67. The third-order valence-electron chi connectivity index (χ3n) is 4.56. The van der Waals surface area contributed by atoms with E-state index in [1.807, 2.05) is 58.0 Å². The first kappa shape index (κ1) is 26.5. The lowest BCUT2D eigenvalue weighted by atomic mass is 9.99. The number of rotatable bonds is 9. The average molecular weight is 435 g/mol. The average Bonchev–Trinajstić information content (AvgIpc) is 2.64. The lowest BCUT2D eigenvalue weighted by Crippen LogP contribution is -2.55. The fraction of sp³-hybridized carbons (Fsp3) is 0.625. The molecule has 0 spiro atoms. The highest BCUT2D eigenvalue weighted by molar-refractivity contribution is 5.89. The third-order valence-corrected chi connectivity index (χ3v) is 4.56. The predicted octanol–water partition coefficient (Wildman–Crippen LogP) is 4.15. The Bertz CT molecular complexity index is 725. The number of carbonyl (C=O) groups is 3.